The van der Waals surface area contributed by atoms with E-state index in [1.165, 1.54) is 16.7 Å². The number of fused-ring (bicyclic) bond motifs is 3. The number of rotatable bonds is 4. The van der Waals surface area contributed by atoms with Gasteiger partial charge in [0, 0.05) is 28.5 Å². The molecular formula is C32H26N2O. The maximum absolute atomic E-state index is 10.4. The zero-order valence-electron chi connectivity index (χ0n) is 19.8. The molecule has 170 valence electrons. The molecule has 0 saturated heterocycles. The van der Waals surface area contributed by atoms with Crippen LogP contribution >= 0.6 is 0 Å². The lowest BCUT2D eigenvalue weighted by atomic mass is 9.78. The highest BCUT2D eigenvalue weighted by Gasteiger charge is 2.24. The van der Waals surface area contributed by atoms with Crippen LogP contribution in [0.25, 0.3) is 38.8 Å². The van der Waals surface area contributed by atoms with Crippen molar-refractivity contribution in [3.63, 3.8) is 0 Å². The number of hydrogen-bond donors (Lipinski definition) is 1. The van der Waals surface area contributed by atoms with E-state index in [9.17, 15) is 5.11 Å². The van der Waals surface area contributed by atoms with Crippen molar-refractivity contribution in [3.05, 3.63) is 127 Å². The van der Waals surface area contributed by atoms with Gasteiger partial charge in [0.1, 0.15) is 11.6 Å². The molecule has 3 heteroatoms. The van der Waals surface area contributed by atoms with Crippen molar-refractivity contribution in [3.8, 4) is 22.7 Å². The number of nitrogens with zero attached hydrogens (tertiary/aromatic N) is 2. The molecule has 0 fully saturated rings. The van der Waals surface area contributed by atoms with Crippen LogP contribution in [0.4, 0.5) is 0 Å². The third kappa shape index (κ3) is 3.57. The van der Waals surface area contributed by atoms with Gasteiger partial charge in [-0.25, -0.2) is 4.98 Å². The van der Waals surface area contributed by atoms with E-state index in [0.717, 1.165) is 33.2 Å². The summed E-state index contributed by atoms with van der Waals surface area (Å²) in [5, 5.41) is 12.6. The topological polar surface area (TPSA) is 38.0 Å². The Hall–Kier alpha value is -4.37. The summed E-state index contributed by atoms with van der Waals surface area (Å²) in [4.78, 5) is 4.78. The van der Waals surface area contributed by atoms with Gasteiger partial charge in [-0.2, -0.15) is 0 Å². The highest BCUT2D eigenvalue weighted by molar-refractivity contribution is 6.10. The molecule has 0 radical (unpaired) electrons. The van der Waals surface area contributed by atoms with E-state index in [0.29, 0.717) is 0 Å². The van der Waals surface area contributed by atoms with Crippen LogP contribution in [0.15, 0.2) is 115 Å². The third-order valence-electron chi connectivity index (χ3n) is 7.05. The predicted molar refractivity (Wildman–Crippen MR) is 144 cm³/mol. The van der Waals surface area contributed by atoms with Gasteiger partial charge in [0.2, 0.25) is 0 Å². The van der Waals surface area contributed by atoms with Gasteiger partial charge in [-0.15, -0.1) is 0 Å². The molecule has 0 amide bonds. The second kappa shape index (κ2) is 8.14. The highest BCUT2D eigenvalue weighted by atomic mass is 16.3. The van der Waals surface area contributed by atoms with Crippen LogP contribution in [-0.2, 0) is 5.41 Å². The van der Waals surface area contributed by atoms with Crippen molar-refractivity contribution in [2.24, 2.45) is 0 Å². The summed E-state index contributed by atoms with van der Waals surface area (Å²) in [6.45, 7) is 4.48. The molecular weight excluding hydrogens is 428 g/mol. The largest absolute Gasteiger partial charge is 0.508 e. The van der Waals surface area contributed by atoms with E-state index in [2.05, 4.69) is 97.3 Å². The highest BCUT2D eigenvalue weighted by Crippen LogP contribution is 2.37. The summed E-state index contributed by atoms with van der Waals surface area (Å²) in [6, 6.07) is 37.4. The lowest BCUT2D eigenvalue weighted by molar-refractivity contribution is 0.476. The molecule has 0 aliphatic heterocycles. The minimum atomic E-state index is -0.180. The Morgan fingerprint density at radius 2 is 1.37 bits per heavy atom. The van der Waals surface area contributed by atoms with Crippen molar-refractivity contribution in [2.75, 3.05) is 0 Å². The second-order valence-electron chi connectivity index (χ2n) is 9.53. The monoisotopic (exact) mass is 454 g/mol. The van der Waals surface area contributed by atoms with Crippen LogP contribution in [0.2, 0.25) is 0 Å². The van der Waals surface area contributed by atoms with Gasteiger partial charge in [0.15, 0.2) is 0 Å². The first-order valence-electron chi connectivity index (χ1n) is 11.9. The average Bonchev–Trinajstić information content (AvgIpc) is 3.22. The van der Waals surface area contributed by atoms with Gasteiger partial charge in [-0.3, -0.25) is 4.57 Å². The van der Waals surface area contributed by atoms with Crippen LogP contribution < -0.4 is 0 Å². The molecule has 0 unspecified atom stereocenters. The van der Waals surface area contributed by atoms with Gasteiger partial charge < -0.3 is 5.11 Å². The Balaban J connectivity index is 1.58. The van der Waals surface area contributed by atoms with Crippen LogP contribution in [0, 0.1) is 0 Å². The standard InChI is InChI=1S/C32H26N2O/c1-32(2,24-11-7-4-8-12-24)25-17-18-33-31(20-25)34-29-16-13-23(22-9-5-3-6-10-22)19-28(29)27-15-14-26(35)21-30(27)34/h3-21,35H,1-2H3. The van der Waals surface area contributed by atoms with Crippen LogP contribution in [-0.4, -0.2) is 14.7 Å². The fourth-order valence-electron chi connectivity index (χ4n) is 5.02. The van der Waals surface area contributed by atoms with Crippen molar-refractivity contribution in [1.29, 1.82) is 0 Å². The Labute approximate surface area is 204 Å². The minimum Gasteiger partial charge on any atom is -0.508 e. The van der Waals surface area contributed by atoms with Crippen molar-refractivity contribution in [2.45, 2.75) is 19.3 Å². The maximum atomic E-state index is 10.4. The Bertz CT molecular complexity index is 1660. The van der Waals surface area contributed by atoms with Crippen LogP contribution in [0.3, 0.4) is 0 Å². The summed E-state index contributed by atoms with van der Waals surface area (Å²) in [7, 11) is 0. The van der Waals surface area contributed by atoms with E-state index in [1.807, 2.05) is 30.5 Å². The van der Waals surface area contributed by atoms with Gasteiger partial charge in [-0.1, -0.05) is 80.6 Å². The fraction of sp³-hybridized carbons (Fsp3) is 0.0938. The van der Waals surface area contributed by atoms with E-state index >= 15 is 0 Å². The molecule has 35 heavy (non-hydrogen) atoms. The lowest BCUT2D eigenvalue weighted by Crippen LogP contribution is -2.19. The van der Waals surface area contributed by atoms with E-state index < -0.39 is 0 Å². The average molecular weight is 455 g/mol. The molecule has 2 heterocycles. The van der Waals surface area contributed by atoms with Gasteiger partial charge >= 0.3 is 0 Å². The number of pyridine rings is 1. The maximum Gasteiger partial charge on any atom is 0.137 e. The molecule has 0 aliphatic carbocycles. The number of phenolic OH excluding ortho intramolecular Hbond substituents is 1. The van der Waals surface area contributed by atoms with E-state index in [-0.39, 0.29) is 11.2 Å². The number of phenols is 1. The molecule has 4 aromatic carbocycles. The zero-order valence-corrected chi connectivity index (χ0v) is 19.8. The first-order valence-corrected chi connectivity index (χ1v) is 11.9. The second-order valence-corrected chi connectivity index (χ2v) is 9.53. The molecule has 0 bridgehead atoms. The van der Waals surface area contributed by atoms with Gasteiger partial charge in [0.25, 0.3) is 0 Å². The van der Waals surface area contributed by atoms with E-state index in [1.54, 1.807) is 6.07 Å². The summed E-state index contributed by atoms with van der Waals surface area (Å²) in [5.74, 6) is 1.08. The smallest absolute Gasteiger partial charge is 0.137 e. The molecule has 2 aromatic heterocycles. The molecule has 0 aliphatic rings. The molecule has 6 aromatic rings. The Morgan fingerprint density at radius 1 is 0.629 bits per heavy atom. The first kappa shape index (κ1) is 21.2. The number of aromatic nitrogens is 2. The van der Waals surface area contributed by atoms with Crippen LogP contribution in [0.1, 0.15) is 25.0 Å². The molecule has 0 spiro atoms. The molecule has 0 atom stereocenters. The summed E-state index contributed by atoms with van der Waals surface area (Å²) < 4.78 is 2.16. The molecule has 6 rings (SSSR count). The summed E-state index contributed by atoms with van der Waals surface area (Å²) >= 11 is 0. The number of hydrogen-bond acceptors (Lipinski definition) is 2. The van der Waals surface area contributed by atoms with Gasteiger partial charge in [-0.05, 0) is 58.7 Å². The molecule has 3 nitrogen and oxygen atoms in total. The zero-order chi connectivity index (χ0) is 24.0. The summed E-state index contributed by atoms with van der Waals surface area (Å²) in [6.07, 6.45) is 1.88. The van der Waals surface area contributed by atoms with Crippen molar-refractivity contribution < 1.29 is 5.11 Å². The fourth-order valence-corrected chi connectivity index (χ4v) is 5.02. The first-order chi connectivity index (χ1) is 17.0. The molecule has 0 saturated carbocycles. The SMILES string of the molecule is CC(C)(c1ccccc1)c1ccnc(-n2c3ccc(-c4ccccc4)cc3c3ccc(O)cc32)c1. The third-order valence-corrected chi connectivity index (χ3v) is 7.05. The van der Waals surface area contributed by atoms with Crippen molar-refractivity contribution >= 4 is 21.8 Å². The van der Waals surface area contributed by atoms with E-state index in [4.69, 9.17) is 4.98 Å². The number of benzene rings is 4. The Kier molecular flexibility index (Phi) is 4.93. The summed E-state index contributed by atoms with van der Waals surface area (Å²) in [5.41, 5.74) is 6.60. The van der Waals surface area contributed by atoms with Crippen molar-refractivity contribution in [1.82, 2.24) is 9.55 Å². The Morgan fingerprint density at radius 3 is 2.14 bits per heavy atom. The van der Waals surface area contributed by atoms with Gasteiger partial charge in [0.05, 0.1) is 11.0 Å². The lowest BCUT2D eigenvalue weighted by Gasteiger charge is -2.26. The minimum absolute atomic E-state index is 0.180. The predicted octanol–water partition coefficient (Wildman–Crippen LogP) is 7.88. The quantitative estimate of drug-likeness (QED) is 0.294. The van der Waals surface area contributed by atoms with Crippen LogP contribution in [0.5, 0.6) is 5.75 Å². The normalized spacial score (nSPS) is 11.8. The number of aromatic hydroxyl groups is 1. The molecule has 1 N–H and O–H groups in total.